The first-order chi connectivity index (χ1) is 6.31. The van der Waals surface area contributed by atoms with Crippen molar-refractivity contribution in [1.29, 1.82) is 0 Å². The first-order valence-corrected chi connectivity index (χ1v) is 5.77. The molecule has 2 heteroatoms. The Morgan fingerprint density at radius 2 is 1.92 bits per heavy atom. The van der Waals surface area contributed by atoms with E-state index in [1.54, 1.807) is 0 Å². The van der Waals surface area contributed by atoms with Crippen LogP contribution in [0.4, 0.5) is 0 Å². The van der Waals surface area contributed by atoms with E-state index in [1.807, 2.05) is 0 Å². The summed E-state index contributed by atoms with van der Waals surface area (Å²) in [6.07, 6.45) is 8.44. The van der Waals surface area contributed by atoms with Gasteiger partial charge in [0.15, 0.2) is 0 Å². The predicted molar refractivity (Wildman–Crippen MR) is 55.0 cm³/mol. The zero-order valence-electron chi connectivity index (χ0n) is 8.63. The highest BCUT2D eigenvalue weighted by molar-refractivity contribution is 4.91. The molecular formula is C11H22N2. The van der Waals surface area contributed by atoms with Gasteiger partial charge in [-0.05, 0) is 43.4 Å². The zero-order valence-corrected chi connectivity index (χ0v) is 8.63. The molecule has 2 fully saturated rings. The van der Waals surface area contributed by atoms with Gasteiger partial charge in [0, 0.05) is 6.04 Å². The van der Waals surface area contributed by atoms with E-state index in [1.165, 1.54) is 38.5 Å². The summed E-state index contributed by atoms with van der Waals surface area (Å²) in [5.41, 5.74) is 3.05. The van der Waals surface area contributed by atoms with Gasteiger partial charge in [-0.3, -0.25) is 11.3 Å². The van der Waals surface area contributed by atoms with Crippen LogP contribution in [0.15, 0.2) is 0 Å². The highest BCUT2D eigenvalue weighted by atomic mass is 15.2. The molecule has 0 radical (unpaired) electrons. The average Bonchev–Trinajstić information content (AvgIpc) is 2.90. The summed E-state index contributed by atoms with van der Waals surface area (Å²) in [4.78, 5) is 0. The van der Waals surface area contributed by atoms with Crippen molar-refractivity contribution in [3.8, 4) is 0 Å². The Labute approximate surface area is 81.2 Å². The fourth-order valence-corrected chi connectivity index (χ4v) is 2.92. The van der Waals surface area contributed by atoms with Crippen molar-refractivity contribution < 1.29 is 0 Å². The maximum Gasteiger partial charge on any atom is 0.0267 e. The molecule has 0 heterocycles. The number of nitrogens with two attached hydrogens (primary N) is 1. The molecule has 0 amide bonds. The minimum atomic E-state index is 0.628. The van der Waals surface area contributed by atoms with Gasteiger partial charge >= 0.3 is 0 Å². The van der Waals surface area contributed by atoms with Crippen LogP contribution < -0.4 is 11.3 Å². The third-order valence-electron chi connectivity index (χ3n) is 3.81. The molecule has 2 saturated carbocycles. The van der Waals surface area contributed by atoms with Gasteiger partial charge in [0.05, 0.1) is 0 Å². The van der Waals surface area contributed by atoms with E-state index < -0.39 is 0 Å². The molecule has 2 nitrogen and oxygen atoms in total. The van der Waals surface area contributed by atoms with Gasteiger partial charge in [0.2, 0.25) is 0 Å². The van der Waals surface area contributed by atoms with Crippen molar-refractivity contribution in [2.24, 2.45) is 23.6 Å². The lowest BCUT2D eigenvalue weighted by atomic mass is 9.77. The summed E-state index contributed by atoms with van der Waals surface area (Å²) >= 11 is 0. The molecule has 3 atom stereocenters. The van der Waals surface area contributed by atoms with Crippen molar-refractivity contribution >= 4 is 0 Å². The normalized spacial score (nSPS) is 37.4. The molecule has 3 unspecified atom stereocenters. The van der Waals surface area contributed by atoms with Gasteiger partial charge in [-0.2, -0.15) is 0 Å². The molecule has 0 saturated heterocycles. The maximum atomic E-state index is 5.64. The Bertz CT molecular complexity index is 165. The molecule has 0 spiro atoms. The van der Waals surface area contributed by atoms with E-state index in [2.05, 4.69) is 12.3 Å². The average molecular weight is 182 g/mol. The molecular weight excluding hydrogens is 160 g/mol. The van der Waals surface area contributed by atoms with Crippen LogP contribution in [-0.2, 0) is 0 Å². The Morgan fingerprint density at radius 3 is 2.46 bits per heavy atom. The number of nitrogens with one attached hydrogen (secondary N) is 1. The molecule has 0 aliphatic heterocycles. The Morgan fingerprint density at radius 1 is 1.15 bits per heavy atom. The summed E-state index contributed by atoms with van der Waals surface area (Å²) in [6.45, 7) is 2.38. The Balaban J connectivity index is 1.88. The summed E-state index contributed by atoms with van der Waals surface area (Å²) in [6, 6.07) is 0.628. The van der Waals surface area contributed by atoms with Crippen LogP contribution in [-0.4, -0.2) is 6.04 Å². The van der Waals surface area contributed by atoms with Gasteiger partial charge in [0.25, 0.3) is 0 Å². The summed E-state index contributed by atoms with van der Waals surface area (Å²) in [7, 11) is 0. The van der Waals surface area contributed by atoms with Crippen molar-refractivity contribution in [3.05, 3.63) is 0 Å². The summed E-state index contributed by atoms with van der Waals surface area (Å²) in [5, 5.41) is 0. The molecule has 3 N–H and O–H groups in total. The smallest absolute Gasteiger partial charge is 0.0267 e. The van der Waals surface area contributed by atoms with Crippen molar-refractivity contribution in [3.63, 3.8) is 0 Å². The van der Waals surface area contributed by atoms with E-state index in [-0.39, 0.29) is 0 Å². The highest BCUT2D eigenvalue weighted by Gasteiger charge is 2.37. The lowest BCUT2D eigenvalue weighted by Gasteiger charge is -2.33. The third kappa shape index (κ3) is 2.23. The first-order valence-electron chi connectivity index (χ1n) is 5.77. The Hall–Kier alpha value is -0.0800. The van der Waals surface area contributed by atoms with Crippen LogP contribution in [0.2, 0.25) is 0 Å². The molecule has 13 heavy (non-hydrogen) atoms. The first kappa shape index (κ1) is 9.47. The number of hydrazine groups is 1. The van der Waals surface area contributed by atoms with Gasteiger partial charge < -0.3 is 0 Å². The molecule has 0 bridgehead atoms. The standard InChI is InChI=1S/C11H22N2/c1-8-3-2-4-10(7-8)11(13-12)9-5-6-9/h8-11,13H,2-7,12H2,1H3. The molecule has 0 aromatic heterocycles. The monoisotopic (exact) mass is 182 g/mol. The predicted octanol–water partition coefficient (Wildman–Crippen LogP) is 2.05. The van der Waals surface area contributed by atoms with E-state index >= 15 is 0 Å². The van der Waals surface area contributed by atoms with Crippen molar-refractivity contribution in [2.45, 2.75) is 51.5 Å². The molecule has 2 aliphatic carbocycles. The van der Waals surface area contributed by atoms with Crippen molar-refractivity contribution in [1.82, 2.24) is 5.43 Å². The van der Waals surface area contributed by atoms with Gasteiger partial charge in [0.1, 0.15) is 0 Å². The highest BCUT2D eigenvalue weighted by Crippen LogP contribution is 2.41. The largest absolute Gasteiger partial charge is 0.271 e. The van der Waals surface area contributed by atoms with Crippen LogP contribution in [0.1, 0.15) is 45.4 Å². The van der Waals surface area contributed by atoms with Crippen LogP contribution in [0.25, 0.3) is 0 Å². The second-order valence-electron chi connectivity index (χ2n) is 5.06. The van der Waals surface area contributed by atoms with E-state index in [0.717, 1.165) is 17.8 Å². The van der Waals surface area contributed by atoms with Crippen molar-refractivity contribution in [2.75, 3.05) is 0 Å². The maximum absolute atomic E-state index is 5.64. The van der Waals surface area contributed by atoms with Gasteiger partial charge in [-0.15, -0.1) is 0 Å². The fraction of sp³-hybridized carbons (Fsp3) is 1.00. The molecule has 0 aromatic carbocycles. The molecule has 0 aromatic rings. The SMILES string of the molecule is CC1CCCC(C(NN)C2CC2)C1. The van der Waals surface area contributed by atoms with Crippen LogP contribution in [0, 0.1) is 17.8 Å². The molecule has 2 aliphatic rings. The second-order valence-corrected chi connectivity index (χ2v) is 5.06. The lowest BCUT2D eigenvalue weighted by Crippen LogP contribution is -2.43. The van der Waals surface area contributed by atoms with E-state index in [4.69, 9.17) is 5.84 Å². The third-order valence-corrected chi connectivity index (χ3v) is 3.81. The van der Waals surface area contributed by atoms with Crippen LogP contribution >= 0.6 is 0 Å². The molecule has 2 rings (SSSR count). The minimum absolute atomic E-state index is 0.628. The molecule has 76 valence electrons. The zero-order chi connectivity index (χ0) is 9.26. The van der Waals surface area contributed by atoms with Crippen LogP contribution in [0.5, 0.6) is 0 Å². The van der Waals surface area contributed by atoms with Gasteiger partial charge in [-0.1, -0.05) is 19.8 Å². The summed E-state index contributed by atoms with van der Waals surface area (Å²) < 4.78 is 0. The minimum Gasteiger partial charge on any atom is -0.271 e. The number of rotatable bonds is 3. The van der Waals surface area contributed by atoms with Gasteiger partial charge in [-0.25, -0.2) is 0 Å². The topological polar surface area (TPSA) is 38.0 Å². The quantitative estimate of drug-likeness (QED) is 0.518. The Kier molecular flexibility index (Phi) is 2.89. The van der Waals surface area contributed by atoms with E-state index in [9.17, 15) is 0 Å². The fourth-order valence-electron chi connectivity index (χ4n) is 2.92. The van der Waals surface area contributed by atoms with E-state index in [0.29, 0.717) is 6.04 Å². The van der Waals surface area contributed by atoms with Crippen LogP contribution in [0.3, 0.4) is 0 Å². The number of hydrogen-bond acceptors (Lipinski definition) is 2. The summed E-state index contributed by atoms with van der Waals surface area (Å²) in [5.74, 6) is 8.33. The lowest BCUT2D eigenvalue weighted by molar-refractivity contribution is 0.208. The second kappa shape index (κ2) is 3.97. The number of hydrogen-bond donors (Lipinski definition) is 2.